The van der Waals surface area contributed by atoms with Gasteiger partial charge in [-0.25, -0.2) is 4.98 Å². The van der Waals surface area contributed by atoms with Gasteiger partial charge in [0.2, 0.25) is 0 Å². The number of rotatable bonds is 4. The normalized spacial score (nSPS) is 15.7. The number of nitrogens with one attached hydrogen (secondary N) is 1. The quantitative estimate of drug-likeness (QED) is 0.630. The van der Waals surface area contributed by atoms with E-state index in [4.69, 9.17) is 9.72 Å². The highest BCUT2D eigenvalue weighted by Crippen LogP contribution is 2.27. The molecule has 0 radical (unpaired) electrons. The molecule has 7 nitrogen and oxygen atoms in total. The number of carbonyl (C=O) groups excluding carboxylic acids is 1. The minimum absolute atomic E-state index is 0.118. The van der Waals surface area contributed by atoms with Gasteiger partial charge in [-0.05, 0) is 49.6 Å². The van der Waals surface area contributed by atoms with Crippen LogP contribution in [0.25, 0.3) is 11.3 Å². The van der Waals surface area contributed by atoms with Gasteiger partial charge in [0.1, 0.15) is 11.6 Å². The highest BCUT2D eigenvalue weighted by atomic mass is 79.9. The molecule has 0 spiro atoms. The Bertz CT molecular complexity index is 1130. The fourth-order valence-electron chi connectivity index (χ4n) is 3.66. The van der Waals surface area contributed by atoms with E-state index in [9.17, 15) is 9.59 Å². The molecule has 1 aliphatic rings. The molecule has 2 aromatic heterocycles. The van der Waals surface area contributed by atoms with Crippen LogP contribution in [-0.4, -0.2) is 27.6 Å². The van der Waals surface area contributed by atoms with Crippen LogP contribution in [0.2, 0.25) is 0 Å². The summed E-state index contributed by atoms with van der Waals surface area (Å²) in [6.07, 6.45) is 5.77. The molecule has 1 atom stereocenters. The van der Waals surface area contributed by atoms with Crippen molar-refractivity contribution in [1.29, 1.82) is 0 Å². The summed E-state index contributed by atoms with van der Waals surface area (Å²) in [5.74, 6) is 0.796. The number of fused-ring (bicyclic) bond motifs is 1. The second-order valence-corrected chi connectivity index (χ2v) is 8.01. The first-order chi connectivity index (χ1) is 14.6. The SMILES string of the molecule is COc1ccc(Br)cc1C(=O)NC1CCCCn2c1nc(-c1ccncc1)cc2=O. The smallest absolute Gasteiger partial charge is 0.255 e. The van der Waals surface area contributed by atoms with E-state index in [1.165, 1.54) is 7.11 Å². The topological polar surface area (TPSA) is 86.1 Å². The van der Waals surface area contributed by atoms with Crippen LogP contribution < -0.4 is 15.6 Å². The van der Waals surface area contributed by atoms with Crippen molar-refractivity contribution in [3.05, 3.63) is 75.0 Å². The van der Waals surface area contributed by atoms with Crippen LogP contribution in [0.15, 0.2) is 58.1 Å². The molecule has 1 aliphatic heterocycles. The molecule has 0 fully saturated rings. The van der Waals surface area contributed by atoms with Crippen LogP contribution in [0.5, 0.6) is 5.75 Å². The van der Waals surface area contributed by atoms with E-state index >= 15 is 0 Å². The Morgan fingerprint density at radius 2 is 2.00 bits per heavy atom. The van der Waals surface area contributed by atoms with Crippen LogP contribution in [0.4, 0.5) is 0 Å². The molecule has 1 unspecified atom stereocenters. The number of pyridine rings is 1. The van der Waals surface area contributed by atoms with Gasteiger partial charge in [-0.3, -0.25) is 19.1 Å². The van der Waals surface area contributed by atoms with Crippen LogP contribution in [0, 0.1) is 0 Å². The van der Waals surface area contributed by atoms with Gasteiger partial charge in [0.05, 0.1) is 24.4 Å². The van der Waals surface area contributed by atoms with Crippen LogP contribution in [0.3, 0.4) is 0 Å². The van der Waals surface area contributed by atoms with Gasteiger partial charge in [-0.15, -0.1) is 0 Å². The van der Waals surface area contributed by atoms with Gasteiger partial charge in [-0.1, -0.05) is 15.9 Å². The lowest BCUT2D eigenvalue weighted by Crippen LogP contribution is -2.34. The molecule has 154 valence electrons. The molecule has 1 N–H and O–H groups in total. The highest BCUT2D eigenvalue weighted by Gasteiger charge is 2.25. The standard InChI is InChI=1S/C22H21BrN4O3/c1-30-19-6-5-15(23)12-16(19)22(29)26-17-4-2-3-11-27-20(28)13-18(25-21(17)27)14-7-9-24-10-8-14/h5-10,12-13,17H,2-4,11H2,1H3,(H,26,29). The van der Waals surface area contributed by atoms with Crippen LogP contribution in [-0.2, 0) is 6.54 Å². The average molecular weight is 469 g/mol. The lowest BCUT2D eigenvalue weighted by molar-refractivity contribution is 0.0929. The molecule has 0 saturated heterocycles. The summed E-state index contributed by atoms with van der Waals surface area (Å²) in [6, 6.07) is 10.1. The average Bonchev–Trinajstić information content (AvgIpc) is 2.97. The molecular weight excluding hydrogens is 448 g/mol. The van der Waals surface area contributed by atoms with Gasteiger partial charge in [0.15, 0.2) is 0 Å². The Morgan fingerprint density at radius 1 is 1.20 bits per heavy atom. The zero-order chi connectivity index (χ0) is 21.1. The van der Waals surface area contributed by atoms with Crippen molar-refractivity contribution in [2.45, 2.75) is 31.8 Å². The third kappa shape index (κ3) is 4.14. The monoisotopic (exact) mass is 468 g/mol. The number of amides is 1. The zero-order valence-electron chi connectivity index (χ0n) is 16.5. The minimum Gasteiger partial charge on any atom is -0.496 e. The number of halogens is 1. The Kier molecular flexibility index (Phi) is 5.94. The maximum atomic E-state index is 13.1. The van der Waals surface area contributed by atoms with Crippen molar-refractivity contribution in [2.24, 2.45) is 0 Å². The summed E-state index contributed by atoms with van der Waals surface area (Å²) in [6.45, 7) is 0.588. The predicted molar refractivity (Wildman–Crippen MR) is 116 cm³/mol. The first-order valence-electron chi connectivity index (χ1n) is 9.73. The number of hydrogen-bond acceptors (Lipinski definition) is 5. The zero-order valence-corrected chi connectivity index (χ0v) is 18.1. The second-order valence-electron chi connectivity index (χ2n) is 7.09. The summed E-state index contributed by atoms with van der Waals surface area (Å²) in [7, 11) is 1.53. The van der Waals surface area contributed by atoms with Crippen molar-refractivity contribution in [3.8, 4) is 17.0 Å². The number of aromatic nitrogens is 3. The van der Waals surface area contributed by atoms with Gasteiger partial charge in [0, 0.05) is 35.0 Å². The van der Waals surface area contributed by atoms with Crippen molar-refractivity contribution in [3.63, 3.8) is 0 Å². The molecule has 3 heterocycles. The number of carbonyl (C=O) groups is 1. The highest BCUT2D eigenvalue weighted by molar-refractivity contribution is 9.10. The molecule has 3 aromatic rings. The van der Waals surface area contributed by atoms with E-state index in [2.05, 4.69) is 26.2 Å². The summed E-state index contributed by atoms with van der Waals surface area (Å²) in [4.78, 5) is 34.7. The fraction of sp³-hybridized carbons (Fsp3) is 0.273. The van der Waals surface area contributed by atoms with Crippen LogP contribution in [0.1, 0.15) is 41.5 Å². The summed E-state index contributed by atoms with van der Waals surface area (Å²) >= 11 is 3.40. The molecule has 30 heavy (non-hydrogen) atoms. The molecule has 4 rings (SSSR count). The Labute approximate surface area is 182 Å². The Balaban J connectivity index is 1.72. The summed E-state index contributed by atoms with van der Waals surface area (Å²) < 4.78 is 7.79. The number of hydrogen-bond donors (Lipinski definition) is 1. The van der Waals surface area contributed by atoms with Gasteiger partial charge < -0.3 is 10.1 Å². The largest absolute Gasteiger partial charge is 0.496 e. The van der Waals surface area contributed by atoms with Crippen molar-refractivity contribution in [1.82, 2.24) is 19.9 Å². The molecular formula is C22H21BrN4O3. The van der Waals surface area contributed by atoms with Gasteiger partial charge >= 0.3 is 0 Å². The van der Waals surface area contributed by atoms with E-state index < -0.39 is 0 Å². The minimum atomic E-state index is -0.377. The van der Waals surface area contributed by atoms with E-state index in [0.29, 0.717) is 35.8 Å². The Hall–Kier alpha value is -3.00. The summed E-state index contributed by atoms with van der Waals surface area (Å²) in [5, 5.41) is 3.06. The van der Waals surface area contributed by atoms with Gasteiger partial charge in [0.25, 0.3) is 11.5 Å². The van der Waals surface area contributed by atoms with E-state index in [1.54, 1.807) is 35.2 Å². The van der Waals surface area contributed by atoms with Crippen molar-refractivity contribution < 1.29 is 9.53 Å². The van der Waals surface area contributed by atoms with Crippen molar-refractivity contribution >= 4 is 21.8 Å². The molecule has 1 aromatic carbocycles. The Morgan fingerprint density at radius 3 is 2.77 bits per heavy atom. The van der Waals surface area contributed by atoms with E-state index in [-0.39, 0.29) is 17.5 Å². The fourth-order valence-corrected chi connectivity index (χ4v) is 4.02. The predicted octanol–water partition coefficient (Wildman–Crippen LogP) is 3.73. The lowest BCUT2D eigenvalue weighted by Gasteiger charge is -2.20. The first kappa shape index (κ1) is 20.3. The molecule has 0 saturated carbocycles. The maximum absolute atomic E-state index is 13.1. The first-order valence-corrected chi connectivity index (χ1v) is 10.5. The molecule has 8 heteroatoms. The van der Waals surface area contributed by atoms with Crippen molar-refractivity contribution in [2.75, 3.05) is 7.11 Å². The molecule has 0 aliphatic carbocycles. The number of nitrogens with zero attached hydrogens (tertiary/aromatic N) is 3. The third-order valence-electron chi connectivity index (χ3n) is 5.16. The van der Waals surface area contributed by atoms with E-state index in [1.807, 2.05) is 18.2 Å². The second kappa shape index (κ2) is 8.79. The van der Waals surface area contributed by atoms with E-state index in [0.717, 1.165) is 22.9 Å². The third-order valence-corrected chi connectivity index (χ3v) is 5.65. The summed E-state index contributed by atoms with van der Waals surface area (Å²) in [5.41, 5.74) is 1.70. The number of methoxy groups -OCH3 is 1. The number of benzene rings is 1. The maximum Gasteiger partial charge on any atom is 0.255 e. The molecule has 1 amide bonds. The molecule has 0 bridgehead atoms. The van der Waals surface area contributed by atoms with Crippen LogP contribution >= 0.6 is 15.9 Å². The van der Waals surface area contributed by atoms with Gasteiger partial charge in [-0.2, -0.15) is 0 Å². The number of ether oxygens (including phenoxy) is 1. The lowest BCUT2D eigenvalue weighted by atomic mass is 10.1.